The van der Waals surface area contributed by atoms with Gasteiger partial charge in [0.15, 0.2) is 0 Å². The third-order valence-electron chi connectivity index (χ3n) is 9.98. The Morgan fingerprint density at radius 1 is 0.750 bits per heavy atom. The van der Waals surface area contributed by atoms with Gasteiger partial charge in [-0.3, -0.25) is 9.59 Å². The van der Waals surface area contributed by atoms with Crippen LogP contribution in [0.15, 0.2) is 48.5 Å². The summed E-state index contributed by atoms with van der Waals surface area (Å²) in [6.45, 7) is 4.26. The van der Waals surface area contributed by atoms with Crippen molar-refractivity contribution in [3.8, 4) is 40.0 Å². The van der Waals surface area contributed by atoms with E-state index >= 15 is 0 Å². The van der Waals surface area contributed by atoms with Gasteiger partial charge in [-0.2, -0.15) is 4.98 Å². The highest BCUT2D eigenvalue weighted by molar-refractivity contribution is 6.36. The molecule has 2 aliphatic heterocycles. The molecule has 0 saturated carbocycles. The first-order valence-electron chi connectivity index (χ1n) is 17.8. The molecule has 0 spiro atoms. The van der Waals surface area contributed by atoms with E-state index in [9.17, 15) is 9.59 Å². The quantitative estimate of drug-likeness (QED) is 0.140. The number of rotatable bonds is 14. The number of benzene rings is 2. The Morgan fingerprint density at radius 3 is 2.12 bits per heavy atom. The largest absolute Gasteiger partial charge is 0.481 e. The van der Waals surface area contributed by atoms with Gasteiger partial charge >= 0.3 is 0 Å². The average molecular weight is 726 g/mol. The molecule has 2 fully saturated rings. The van der Waals surface area contributed by atoms with E-state index in [0.29, 0.717) is 73.1 Å². The van der Waals surface area contributed by atoms with Gasteiger partial charge in [0.05, 0.1) is 30.6 Å². The zero-order valence-corrected chi connectivity index (χ0v) is 30.4. The van der Waals surface area contributed by atoms with Gasteiger partial charge in [0, 0.05) is 67.8 Å². The van der Waals surface area contributed by atoms with Gasteiger partial charge in [-0.25, -0.2) is 9.97 Å². The summed E-state index contributed by atoms with van der Waals surface area (Å²) in [5.74, 6) is 1.58. The number of methoxy groups -OCH3 is 2. The molecule has 2 aromatic heterocycles. The maximum absolute atomic E-state index is 11.5. The Balaban J connectivity index is 1.06. The van der Waals surface area contributed by atoms with Gasteiger partial charge in [-0.1, -0.05) is 54.1 Å². The number of halogens is 1. The van der Waals surface area contributed by atoms with Gasteiger partial charge in [-0.15, -0.1) is 0 Å². The number of hydrogen-bond acceptors (Lipinski definition) is 10. The molecule has 7 rings (SSSR count). The zero-order valence-electron chi connectivity index (χ0n) is 29.7. The summed E-state index contributed by atoms with van der Waals surface area (Å²) in [6, 6.07) is 16.5. The van der Waals surface area contributed by atoms with Crippen LogP contribution in [-0.4, -0.2) is 66.2 Å². The van der Waals surface area contributed by atoms with Crippen LogP contribution in [0.5, 0.6) is 17.6 Å². The highest BCUT2D eigenvalue weighted by Gasteiger charge is 2.29. The number of hydrogen-bond donors (Lipinski definition) is 4. The summed E-state index contributed by atoms with van der Waals surface area (Å²) in [5.41, 5.74) is 8.09. The first kappa shape index (κ1) is 35.6. The molecule has 272 valence electrons. The van der Waals surface area contributed by atoms with Crippen molar-refractivity contribution in [3.63, 3.8) is 0 Å². The van der Waals surface area contributed by atoms with Crippen molar-refractivity contribution in [1.82, 2.24) is 36.2 Å². The second kappa shape index (κ2) is 15.9. The maximum Gasteiger partial charge on any atom is 0.240 e. The number of aromatic nitrogens is 3. The van der Waals surface area contributed by atoms with E-state index in [1.807, 2.05) is 43.3 Å². The molecule has 2 saturated heterocycles. The SMILES string of the molecule is COc1nc(-c2cccc(-c3cccc4c3CC[C@@H]4Oc3nc(OC)c(CNC[C@@H]4CCC(=O)N4)nc3C)c2Cl)ccc1CNC[C@@H]1CCC(=O)N1. The number of aryl methyl sites for hydroxylation is 1. The highest BCUT2D eigenvalue weighted by Crippen LogP contribution is 2.44. The van der Waals surface area contributed by atoms with Crippen LogP contribution < -0.4 is 35.5 Å². The average Bonchev–Trinajstić information content (AvgIpc) is 3.89. The monoisotopic (exact) mass is 725 g/mol. The standard InChI is InChI=1S/C39H44ClN7O5/c1-22-37(47-39(51-3)32(43-22)21-42-20-25-12-17-35(49)45-25)52-33-15-13-27-26(6-4-7-28(27)33)29-8-5-9-30(36(29)40)31-14-10-23(38(46-31)50-2)18-41-19-24-11-16-34(48)44-24/h4-10,14,24-25,33,41-42H,11-13,15-21H2,1-3H3,(H,44,48)(H,45,49)/t24-,25-,33-/m0/s1. The van der Waals surface area contributed by atoms with Crippen molar-refractivity contribution < 1.29 is 23.8 Å². The van der Waals surface area contributed by atoms with Crippen molar-refractivity contribution in [3.05, 3.63) is 81.6 Å². The number of nitrogens with one attached hydrogen (secondary N) is 4. The molecule has 0 radical (unpaired) electrons. The third kappa shape index (κ3) is 7.69. The lowest BCUT2D eigenvalue weighted by molar-refractivity contribution is -0.120. The van der Waals surface area contributed by atoms with Crippen LogP contribution in [0.1, 0.15) is 66.3 Å². The topological polar surface area (TPSA) is 149 Å². The fourth-order valence-electron chi connectivity index (χ4n) is 7.33. The molecule has 12 nitrogen and oxygen atoms in total. The fourth-order valence-corrected chi connectivity index (χ4v) is 7.65. The van der Waals surface area contributed by atoms with Gasteiger partial charge in [0.25, 0.3) is 0 Å². The van der Waals surface area contributed by atoms with E-state index < -0.39 is 0 Å². The molecule has 4 N–H and O–H groups in total. The van der Waals surface area contributed by atoms with Gasteiger partial charge in [-0.05, 0) is 55.4 Å². The normalized spacial score (nSPS) is 19.3. The Labute approximate surface area is 308 Å². The van der Waals surface area contributed by atoms with Gasteiger partial charge < -0.3 is 35.5 Å². The number of carbonyl (C=O) groups is 2. The third-order valence-corrected chi connectivity index (χ3v) is 10.4. The molecular weight excluding hydrogens is 682 g/mol. The van der Waals surface area contributed by atoms with E-state index in [-0.39, 0.29) is 30.0 Å². The lowest BCUT2D eigenvalue weighted by atomic mass is 9.94. The van der Waals surface area contributed by atoms with E-state index in [1.165, 1.54) is 5.56 Å². The molecule has 3 aliphatic rings. The number of amides is 2. The van der Waals surface area contributed by atoms with Crippen molar-refractivity contribution in [2.24, 2.45) is 0 Å². The maximum atomic E-state index is 11.5. The summed E-state index contributed by atoms with van der Waals surface area (Å²) >= 11 is 7.18. The van der Waals surface area contributed by atoms with E-state index in [4.69, 9.17) is 40.8 Å². The number of fused-ring (bicyclic) bond motifs is 1. The predicted octanol–water partition coefficient (Wildman–Crippen LogP) is 4.99. The molecule has 13 heteroatoms. The van der Waals surface area contributed by atoms with E-state index in [0.717, 1.165) is 59.2 Å². The molecule has 2 amide bonds. The molecule has 4 heterocycles. The lowest BCUT2D eigenvalue weighted by Gasteiger charge is -2.18. The number of ether oxygens (including phenoxy) is 3. The second-order valence-corrected chi connectivity index (χ2v) is 13.9. The van der Waals surface area contributed by atoms with Crippen molar-refractivity contribution in [2.75, 3.05) is 27.3 Å². The highest BCUT2D eigenvalue weighted by atomic mass is 35.5. The van der Waals surface area contributed by atoms with Crippen LogP contribution in [-0.2, 0) is 29.1 Å². The number of nitrogens with zero attached hydrogens (tertiary/aromatic N) is 3. The van der Waals surface area contributed by atoms with Gasteiger partial charge in [0.1, 0.15) is 11.8 Å². The minimum absolute atomic E-state index is 0.0944. The Kier molecular flexibility index (Phi) is 10.9. The molecular formula is C39H44ClN7O5. The van der Waals surface area contributed by atoms with Crippen LogP contribution in [0, 0.1) is 6.92 Å². The predicted molar refractivity (Wildman–Crippen MR) is 197 cm³/mol. The molecule has 1 aliphatic carbocycles. The van der Waals surface area contributed by atoms with Crippen LogP contribution >= 0.6 is 11.6 Å². The second-order valence-electron chi connectivity index (χ2n) is 13.5. The number of carbonyl (C=O) groups excluding carboxylic acids is 2. The van der Waals surface area contributed by atoms with Crippen LogP contribution in [0.25, 0.3) is 22.4 Å². The smallest absolute Gasteiger partial charge is 0.240 e. The molecule has 3 atom stereocenters. The number of pyridine rings is 1. The van der Waals surface area contributed by atoms with Crippen LogP contribution in [0.2, 0.25) is 5.02 Å². The van der Waals surface area contributed by atoms with Crippen LogP contribution in [0.4, 0.5) is 0 Å². The first-order valence-corrected chi connectivity index (χ1v) is 18.2. The summed E-state index contributed by atoms with van der Waals surface area (Å²) in [7, 11) is 3.20. The summed E-state index contributed by atoms with van der Waals surface area (Å²) < 4.78 is 17.8. The van der Waals surface area contributed by atoms with Gasteiger partial charge in [0.2, 0.25) is 29.5 Å². The fraction of sp³-hybridized carbons (Fsp3) is 0.410. The summed E-state index contributed by atoms with van der Waals surface area (Å²) in [4.78, 5) is 37.4. The van der Waals surface area contributed by atoms with E-state index in [2.05, 4.69) is 33.4 Å². The minimum Gasteiger partial charge on any atom is -0.481 e. The Morgan fingerprint density at radius 2 is 1.42 bits per heavy atom. The van der Waals surface area contributed by atoms with Crippen molar-refractivity contribution >= 4 is 23.4 Å². The molecule has 2 aromatic carbocycles. The first-order chi connectivity index (χ1) is 25.3. The summed E-state index contributed by atoms with van der Waals surface area (Å²) in [6.07, 6.45) is 4.21. The van der Waals surface area contributed by atoms with Crippen molar-refractivity contribution in [2.45, 2.75) is 76.7 Å². The molecule has 52 heavy (non-hydrogen) atoms. The molecule has 0 bridgehead atoms. The zero-order chi connectivity index (χ0) is 36.2. The van der Waals surface area contributed by atoms with Crippen molar-refractivity contribution in [1.29, 1.82) is 0 Å². The lowest BCUT2D eigenvalue weighted by Crippen LogP contribution is -2.35. The Bertz CT molecular complexity index is 1970. The van der Waals surface area contributed by atoms with Crippen LogP contribution in [0.3, 0.4) is 0 Å². The Hall–Kier alpha value is -4.78. The molecule has 0 unspecified atom stereocenters. The minimum atomic E-state index is -0.207. The van der Waals surface area contributed by atoms with E-state index in [1.54, 1.807) is 14.2 Å². The summed E-state index contributed by atoms with van der Waals surface area (Å²) in [5, 5.41) is 13.3. The molecule has 4 aromatic rings.